The molecule has 0 radical (unpaired) electrons. The zero-order valence-corrected chi connectivity index (χ0v) is 10.9. The molecule has 2 rings (SSSR count). The zero-order chi connectivity index (χ0) is 12.1. The highest BCUT2D eigenvalue weighted by Gasteiger charge is 2.26. The Bertz CT molecular complexity index is 252. The van der Waals surface area contributed by atoms with Crippen LogP contribution in [0.1, 0.15) is 32.1 Å². The molecule has 0 saturated carbocycles. The number of hydrogen-bond acceptors (Lipinski definition) is 4. The maximum atomic E-state index is 11.1. The number of ether oxygens (including phenoxy) is 1. The summed E-state index contributed by atoms with van der Waals surface area (Å²) in [7, 11) is 1.46. The Hall–Kier alpha value is -0.610. The SMILES string of the molecule is COC(=O)CCN1CCC[C@@H](N2CCCC2)C1. The molecule has 0 aromatic heterocycles. The van der Waals surface area contributed by atoms with Crippen LogP contribution < -0.4 is 0 Å². The van der Waals surface area contributed by atoms with Crippen molar-refractivity contribution in [2.45, 2.75) is 38.1 Å². The minimum absolute atomic E-state index is 0.0895. The summed E-state index contributed by atoms with van der Waals surface area (Å²) in [5, 5.41) is 0. The van der Waals surface area contributed by atoms with E-state index in [1.54, 1.807) is 0 Å². The summed E-state index contributed by atoms with van der Waals surface area (Å²) in [5.74, 6) is -0.0895. The number of carbonyl (C=O) groups excluding carboxylic acids is 1. The lowest BCUT2D eigenvalue weighted by atomic mass is 10.0. The van der Waals surface area contributed by atoms with E-state index < -0.39 is 0 Å². The monoisotopic (exact) mass is 240 g/mol. The maximum absolute atomic E-state index is 11.1. The fourth-order valence-electron chi connectivity index (χ4n) is 2.99. The van der Waals surface area contributed by atoms with Gasteiger partial charge in [0.15, 0.2) is 0 Å². The molecular formula is C13H24N2O2. The first kappa shape index (κ1) is 12.8. The number of esters is 1. The topological polar surface area (TPSA) is 32.8 Å². The molecule has 2 aliphatic rings. The molecule has 98 valence electrons. The third-order valence-electron chi connectivity index (χ3n) is 4.00. The van der Waals surface area contributed by atoms with Crippen LogP contribution in [-0.2, 0) is 9.53 Å². The summed E-state index contributed by atoms with van der Waals surface area (Å²) in [5.41, 5.74) is 0. The smallest absolute Gasteiger partial charge is 0.306 e. The Morgan fingerprint density at radius 3 is 2.71 bits per heavy atom. The van der Waals surface area contributed by atoms with Crippen molar-refractivity contribution in [3.05, 3.63) is 0 Å². The van der Waals surface area contributed by atoms with E-state index in [1.165, 1.54) is 45.9 Å². The predicted molar refractivity (Wildman–Crippen MR) is 66.9 cm³/mol. The third-order valence-corrected chi connectivity index (χ3v) is 4.00. The largest absolute Gasteiger partial charge is 0.469 e. The molecule has 4 nitrogen and oxygen atoms in total. The first-order valence-corrected chi connectivity index (χ1v) is 6.83. The quantitative estimate of drug-likeness (QED) is 0.689. The highest BCUT2D eigenvalue weighted by molar-refractivity contribution is 5.69. The van der Waals surface area contributed by atoms with Crippen molar-refractivity contribution in [2.75, 3.05) is 39.8 Å². The van der Waals surface area contributed by atoms with E-state index >= 15 is 0 Å². The molecular weight excluding hydrogens is 216 g/mol. The number of piperidine rings is 1. The van der Waals surface area contributed by atoms with Crippen molar-refractivity contribution in [1.29, 1.82) is 0 Å². The van der Waals surface area contributed by atoms with Crippen molar-refractivity contribution < 1.29 is 9.53 Å². The van der Waals surface area contributed by atoms with E-state index in [4.69, 9.17) is 4.74 Å². The van der Waals surface area contributed by atoms with Crippen LogP contribution in [0, 0.1) is 0 Å². The second kappa shape index (κ2) is 6.36. The standard InChI is InChI=1S/C13H24N2O2/c1-17-13(16)6-10-14-7-4-5-12(11-14)15-8-2-3-9-15/h12H,2-11H2,1H3/t12-/m1/s1. The van der Waals surface area contributed by atoms with E-state index in [0.29, 0.717) is 6.42 Å². The van der Waals surface area contributed by atoms with Crippen LogP contribution >= 0.6 is 0 Å². The summed E-state index contributed by atoms with van der Waals surface area (Å²) in [6.07, 6.45) is 5.84. The summed E-state index contributed by atoms with van der Waals surface area (Å²) < 4.78 is 4.69. The molecule has 2 aliphatic heterocycles. The van der Waals surface area contributed by atoms with E-state index in [0.717, 1.165) is 25.7 Å². The van der Waals surface area contributed by atoms with Crippen LogP contribution in [0.5, 0.6) is 0 Å². The summed E-state index contributed by atoms with van der Waals surface area (Å²) >= 11 is 0. The molecule has 0 amide bonds. The van der Waals surface area contributed by atoms with Gasteiger partial charge in [0.1, 0.15) is 0 Å². The molecule has 0 bridgehead atoms. The van der Waals surface area contributed by atoms with Gasteiger partial charge in [-0.2, -0.15) is 0 Å². The van der Waals surface area contributed by atoms with Gasteiger partial charge >= 0.3 is 5.97 Å². The van der Waals surface area contributed by atoms with Crippen molar-refractivity contribution in [1.82, 2.24) is 9.80 Å². The summed E-state index contributed by atoms with van der Waals surface area (Å²) in [6, 6.07) is 0.726. The number of hydrogen-bond donors (Lipinski definition) is 0. The van der Waals surface area contributed by atoms with E-state index in [9.17, 15) is 4.79 Å². The van der Waals surface area contributed by atoms with Crippen molar-refractivity contribution in [3.8, 4) is 0 Å². The van der Waals surface area contributed by atoms with Gasteiger partial charge in [-0.15, -0.1) is 0 Å². The lowest BCUT2D eigenvalue weighted by molar-refractivity contribution is -0.141. The van der Waals surface area contributed by atoms with Gasteiger partial charge in [0.2, 0.25) is 0 Å². The Morgan fingerprint density at radius 2 is 2.00 bits per heavy atom. The van der Waals surface area contributed by atoms with Crippen LogP contribution in [0.2, 0.25) is 0 Å². The molecule has 0 unspecified atom stereocenters. The minimum atomic E-state index is -0.0895. The average Bonchev–Trinajstić information content (AvgIpc) is 2.90. The molecule has 2 heterocycles. The third kappa shape index (κ3) is 3.68. The number of rotatable bonds is 4. The van der Waals surface area contributed by atoms with Gasteiger partial charge in [0.25, 0.3) is 0 Å². The fourth-order valence-corrected chi connectivity index (χ4v) is 2.99. The Kier molecular flexibility index (Phi) is 4.80. The lowest BCUT2D eigenvalue weighted by Gasteiger charge is -2.37. The molecule has 1 atom stereocenters. The van der Waals surface area contributed by atoms with Crippen LogP contribution in [0.4, 0.5) is 0 Å². The van der Waals surface area contributed by atoms with Crippen molar-refractivity contribution in [3.63, 3.8) is 0 Å². The summed E-state index contributed by atoms with van der Waals surface area (Å²) in [4.78, 5) is 16.2. The number of nitrogens with zero attached hydrogens (tertiary/aromatic N) is 2. The van der Waals surface area contributed by atoms with Crippen molar-refractivity contribution in [2.24, 2.45) is 0 Å². The summed E-state index contributed by atoms with van der Waals surface area (Å²) in [6.45, 7) is 5.68. The fraction of sp³-hybridized carbons (Fsp3) is 0.923. The molecule has 17 heavy (non-hydrogen) atoms. The Balaban J connectivity index is 1.74. The lowest BCUT2D eigenvalue weighted by Crippen LogP contribution is -2.47. The molecule has 2 fully saturated rings. The van der Waals surface area contributed by atoms with Gasteiger partial charge in [-0.25, -0.2) is 0 Å². The molecule has 2 saturated heterocycles. The normalized spacial score (nSPS) is 27.2. The molecule has 0 spiro atoms. The van der Waals surface area contributed by atoms with Crippen molar-refractivity contribution >= 4 is 5.97 Å². The molecule has 0 aromatic carbocycles. The number of methoxy groups -OCH3 is 1. The van der Waals surface area contributed by atoms with Gasteiger partial charge in [-0.05, 0) is 45.3 Å². The van der Waals surface area contributed by atoms with Crippen LogP contribution in [0.25, 0.3) is 0 Å². The zero-order valence-electron chi connectivity index (χ0n) is 10.9. The number of carbonyl (C=O) groups is 1. The van der Waals surface area contributed by atoms with Crippen LogP contribution in [-0.4, -0.2) is 61.6 Å². The number of likely N-dealkylation sites (tertiary alicyclic amines) is 2. The molecule has 4 heteroatoms. The molecule has 0 N–H and O–H groups in total. The predicted octanol–water partition coefficient (Wildman–Crippen LogP) is 1.11. The highest BCUT2D eigenvalue weighted by Crippen LogP contribution is 2.20. The first-order valence-electron chi connectivity index (χ1n) is 6.83. The Labute approximate surface area is 104 Å². The second-order valence-corrected chi connectivity index (χ2v) is 5.17. The van der Waals surface area contributed by atoms with Gasteiger partial charge in [-0.3, -0.25) is 9.69 Å². The van der Waals surface area contributed by atoms with Gasteiger partial charge < -0.3 is 9.64 Å². The van der Waals surface area contributed by atoms with Gasteiger partial charge in [-0.1, -0.05) is 0 Å². The van der Waals surface area contributed by atoms with Crippen LogP contribution in [0.15, 0.2) is 0 Å². The van der Waals surface area contributed by atoms with Gasteiger partial charge in [0, 0.05) is 19.1 Å². The molecule has 0 aromatic rings. The first-order chi connectivity index (χ1) is 8.29. The van der Waals surface area contributed by atoms with E-state index in [1.807, 2.05) is 0 Å². The van der Waals surface area contributed by atoms with Gasteiger partial charge in [0.05, 0.1) is 13.5 Å². The second-order valence-electron chi connectivity index (χ2n) is 5.17. The maximum Gasteiger partial charge on any atom is 0.306 e. The average molecular weight is 240 g/mol. The van der Waals surface area contributed by atoms with E-state index in [-0.39, 0.29) is 5.97 Å². The molecule has 0 aliphatic carbocycles. The Morgan fingerprint density at radius 1 is 1.24 bits per heavy atom. The van der Waals surface area contributed by atoms with Crippen LogP contribution in [0.3, 0.4) is 0 Å². The minimum Gasteiger partial charge on any atom is -0.469 e. The van der Waals surface area contributed by atoms with E-state index in [2.05, 4.69) is 9.80 Å². The highest BCUT2D eigenvalue weighted by atomic mass is 16.5.